The summed E-state index contributed by atoms with van der Waals surface area (Å²) in [6.07, 6.45) is 6.23. The molecule has 1 heterocycles. The number of amides is 1. The second-order valence-electron chi connectivity index (χ2n) is 8.28. The molecule has 1 saturated carbocycles. The first kappa shape index (κ1) is 22.8. The summed E-state index contributed by atoms with van der Waals surface area (Å²) < 4.78 is 11.1. The van der Waals surface area contributed by atoms with Crippen molar-refractivity contribution in [2.45, 2.75) is 70.9 Å². The SMILES string of the molecule is COc1cc(-c2nnc(CCC(=O)N(C)C3CCCCC3)c(=O)[nH]2)ccc1OC(C)C. The lowest BCUT2D eigenvalue weighted by Crippen LogP contribution is -2.38. The molecule has 0 saturated heterocycles. The maximum atomic E-state index is 12.5. The highest BCUT2D eigenvalue weighted by Crippen LogP contribution is 2.31. The fourth-order valence-corrected chi connectivity index (χ4v) is 3.89. The number of nitrogens with zero attached hydrogens (tertiary/aromatic N) is 3. The topological polar surface area (TPSA) is 97.4 Å². The van der Waals surface area contributed by atoms with Crippen molar-refractivity contribution in [3.05, 3.63) is 34.2 Å². The number of aromatic nitrogens is 3. The van der Waals surface area contributed by atoms with Gasteiger partial charge < -0.3 is 19.4 Å². The van der Waals surface area contributed by atoms with Gasteiger partial charge in [0.25, 0.3) is 5.56 Å². The van der Waals surface area contributed by atoms with E-state index < -0.39 is 0 Å². The molecule has 31 heavy (non-hydrogen) atoms. The monoisotopic (exact) mass is 428 g/mol. The average Bonchev–Trinajstić information content (AvgIpc) is 2.78. The van der Waals surface area contributed by atoms with Gasteiger partial charge in [-0.05, 0) is 44.9 Å². The van der Waals surface area contributed by atoms with Gasteiger partial charge in [-0.25, -0.2) is 0 Å². The van der Waals surface area contributed by atoms with Gasteiger partial charge in [0, 0.05) is 31.5 Å². The van der Waals surface area contributed by atoms with E-state index in [1.807, 2.05) is 25.8 Å². The molecular weight excluding hydrogens is 396 g/mol. The molecular formula is C23H32N4O4. The molecule has 0 radical (unpaired) electrons. The lowest BCUT2D eigenvalue weighted by Gasteiger charge is -2.31. The Balaban J connectivity index is 1.67. The van der Waals surface area contributed by atoms with Crippen LogP contribution in [0.2, 0.25) is 0 Å². The van der Waals surface area contributed by atoms with E-state index >= 15 is 0 Å². The summed E-state index contributed by atoms with van der Waals surface area (Å²) in [5.74, 6) is 1.56. The average molecular weight is 429 g/mol. The van der Waals surface area contributed by atoms with Gasteiger partial charge >= 0.3 is 0 Å². The number of benzene rings is 1. The van der Waals surface area contributed by atoms with Gasteiger partial charge in [0.05, 0.1) is 13.2 Å². The van der Waals surface area contributed by atoms with E-state index in [2.05, 4.69) is 15.2 Å². The summed E-state index contributed by atoms with van der Waals surface area (Å²) in [5.41, 5.74) is 0.595. The number of carbonyl (C=O) groups is 1. The zero-order chi connectivity index (χ0) is 22.4. The number of hydrogen-bond donors (Lipinski definition) is 1. The Kier molecular flexibility index (Phi) is 7.65. The van der Waals surface area contributed by atoms with Crippen LogP contribution in [0.15, 0.2) is 23.0 Å². The van der Waals surface area contributed by atoms with E-state index in [0.717, 1.165) is 12.8 Å². The lowest BCUT2D eigenvalue weighted by molar-refractivity contribution is -0.132. The largest absolute Gasteiger partial charge is 0.493 e. The fraction of sp³-hybridized carbons (Fsp3) is 0.565. The highest BCUT2D eigenvalue weighted by Gasteiger charge is 2.22. The Labute approximate surface area is 183 Å². The van der Waals surface area contributed by atoms with Crippen molar-refractivity contribution in [2.24, 2.45) is 0 Å². The standard InChI is InChI=1S/C23H32N4O4/c1-15(2)31-19-12-10-16(14-20(19)30-4)22-24-23(29)18(25-26-22)11-13-21(28)27(3)17-8-6-5-7-9-17/h10,12,14-15,17H,5-9,11,13H2,1-4H3,(H,24,26,29). The van der Waals surface area contributed by atoms with E-state index in [-0.39, 0.29) is 36.1 Å². The van der Waals surface area contributed by atoms with Crippen LogP contribution in [0.25, 0.3) is 11.4 Å². The molecule has 8 heteroatoms. The van der Waals surface area contributed by atoms with Gasteiger partial charge in [0.1, 0.15) is 5.69 Å². The van der Waals surface area contributed by atoms with Gasteiger partial charge in [0.15, 0.2) is 17.3 Å². The number of methoxy groups -OCH3 is 1. The van der Waals surface area contributed by atoms with Crippen molar-refractivity contribution in [3.63, 3.8) is 0 Å². The number of hydrogen-bond acceptors (Lipinski definition) is 6. The molecule has 0 spiro atoms. The summed E-state index contributed by atoms with van der Waals surface area (Å²) in [5, 5.41) is 8.25. The normalized spacial score (nSPS) is 14.5. The maximum absolute atomic E-state index is 12.5. The predicted molar refractivity (Wildman–Crippen MR) is 118 cm³/mol. The number of rotatable bonds is 8. The summed E-state index contributed by atoms with van der Waals surface area (Å²) >= 11 is 0. The van der Waals surface area contributed by atoms with Crippen LogP contribution < -0.4 is 15.0 Å². The molecule has 2 aromatic rings. The van der Waals surface area contributed by atoms with Crippen LogP contribution in [0.1, 0.15) is 58.1 Å². The van der Waals surface area contributed by atoms with E-state index in [9.17, 15) is 9.59 Å². The molecule has 1 amide bonds. The molecule has 1 fully saturated rings. The quantitative estimate of drug-likeness (QED) is 0.692. The highest BCUT2D eigenvalue weighted by atomic mass is 16.5. The minimum Gasteiger partial charge on any atom is -0.493 e. The molecule has 1 aromatic carbocycles. The van der Waals surface area contributed by atoms with E-state index in [1.165, 1.54) is 19.3 Å². The first-order chi connectivity index (χ1) is 14.9. The first-order valence-electron chi connectivity index (χ1n) is 11.0. The van der Waals surface area contributed by atoms with Crippen LogP contribution >= 0.6 is 0 Å². The molecule has 0 unspecified atom stereocenters. The van der Waals surface area contributed by atoms with Crippen molar-refractivity contribution in [1.29, 1.82) is 0 Å². The minimum atomic E-state index is -0.334. The molecule has 1 N–H and O–H groups in total. The second kappa shape index (κ2) is 10.4. The molecule has 8 nitrogen and oxygen atoms in total. The van der Waals surface area contributed by atoms with E-state index in [0.29, 0.717) is 28.9 Å². The van der Waals surface area contributed by atoms with Gasteiger partial charge in [-0.1, -0.05) is 19.3 Å². The van der Waals surface area contributed by atoms with Crippen LogP contribution in [0.4, 0.5) is 0 Å². The smallest absolute Gasteiger partial charge is 0.273 e. The number of ether oxygens (including phenoxy) is 2. The Hall–Kier alpha value is -2.90. The Morgan fingerprint density at radius 1 is 1.19 bits per heavy atom. The Bertz CT molecular complexity index is 951. The van der Waals surface area contributed by atoms with Crippen molar-refractivity contribution >= 4 is 5.91 Å². The van der Waals surface area contributed by atoms with E-state index in [4.69, 9.17) is 9.47 Å². The third kappa shape index (κ3) is 5.83. The summed E-state index contributed by atoms with van der Waals surface area (Å²) in [7, 11) is 3.42. The molecule has 0 bridgehead atoms. The molecule has 3 rings (SSSR count). The van der Waals surface area contributed by atoms with Gasteiger partial charge in [-0.15, -0.1) is 10.2 Å². The molecule has 0 atom stereocenters. The molecule has 1 aromatic heterocycles. The highest BCUT2D eigenvalue weighted by molar-refractivity contribution is 5.76. The molecule has 1 aliphatic rings. The van der Waals surface area contributed by atoms with Crippen LogP contribution in [0.5, 0.6) is 11.5 Å². The lowest BCUT2D eigenvalue weighted by atomic mass is 9.94. The predicted octanol–water partition coefficient (Wildman–Crippen LogP) is 3.35. The van der Waals surface area contributed by atoms with E-state index in [1.54, 1.807) is 25.3 Å². The molecule has 0 aliphatic heterocycles. The summed E-state index contributed by atoms with van der Waals surface area (Å²) in [6, 6.07) is 5.63. The second-order valence-corrected chi connectivity index (χ2v) is 8.28. The maximum Gasteiger partial charge on any atom is 0.273 e. The number of carbonyl (C=O) groups excluding carboxylic acids is 1. The van der Waals surface area contributed by atoms with Crippen molar-refractivity contribution in [2.75, 3.05) is 14.2 Å². The zero-order valence-electron chi connectivity index (χ0n) is 18.8. The summed E-state index contributed by atoms with van der Waals surface area (Å²) in [4.78, 5) is 29.7. The first-order valence-corrected chi connectivity index (χ1v) is 11.0. The number of aryl methyl sites for hydroxylation is 1. The number of H-pyrrole nitrogens is 1. The van der Waals surface area contributed by atoms with Crippen LogP contribution in [-0.2, 0) is 11.2 Å². The van der Waals surface area contributed by atoms with Crippen molar-refractivity contribution < 1.29 is 14.3 Å². The van der Waals surface area contributed by atoms with Crippen molar-refractivity contribution in [1.82, 2.24) is 20.1 Å². The van der Waals surface area contributed by atoms with Crippen LogP contribution in [0.3, 0.4) is 0 Å². The Morgan fingerprint density at radius 3 is 2.58 bits per heavy atom. The zero-order valence-corrected chi connectivity index (χ0v) is 18.8. The fourth-order valence-electron chi connectivity index (χ4n) is 3.89. The number of nitrogens with one attached hydrogen (secondary N) is 1. The van der Waals surface area contributed by atoms with Gasteiger partial charge in [0.2, 0.25) is 5.91 Å². The van der Waals surface area contributed by atoms with Crippen LogP contribution in [0, 0.1) is 0 Å². The third-order valence-corrected chi connectivity index (χ3v) is 5.66. The molecule has 1 aliphatic carbocycles. The van der Waals surface area contributed by atoms with Crippen LogP contribution in [-0.4, -0.2) is 52.3 Å². The van der Waals surface area contributed by atoms with Gasteiger partial charge in [-0.2, -0.15) is 0 Å². The summed E-state index contributed by atoms with van der Waals surface area (Å²) in [6.45, 7) is 3.87. The minimum absolute atomic E-state index is 0.0125. The third-order valence-electron chi connectivity index (χ3n) is 5.66. The van der Waals surface area contributed by atoms with Gasteiger partial charge in [-0.3, -0.25) is 9.59 Å². The molecule has 168 valence electrons. The van der Waals surface area contributed by atoms with Crippen molar-refractivity contribution in [3.8, 4) is 22.9 Å². The Morgan fingerprint density at radius 2 is 1.94 bits per heavy atom. The number of aromatic amines is 1.